The summed E-state index contributed by atoms with van der Waals surface area (Å²) in [5.41, 5.74) is 5.36. The zero-order chi connectivity index (χ0) is 8.65. The summed E-state index contributed by atoms with van der Waals surface area (Å²) in [4.78, 5) is 4.19. The number of nitrogens with one attached hydrogen (secondary N) is 1. The van der Waals surface area contributed by atoms with Crippen LogP contribution in [-0.2, 0) is 6.42 Å². The van der Waals surface area contributed by atoms with Gasteiger partial charge in [-0.25, -0.2) is 4.98 Å². The number of thiazole rings is 1. The largest absolute Gasteiger partial charge is 0.330 e. The lowest BCUT2D eigenvalue weighted by Crippen LogP contribution is -2.20. The maximum absolute atomic E-state index is 5.36. The number of hydrogen-bond donors (Lipinski definition) is 2. The molecule has 68 valence electrons. The number of nitrogens with zero attached hydrogens (tertiary/aromatic N) is 1. The molecule has 3 nitrogen and oxygen atoms in total. The average molecular weight is 185 g/mol. The SMILES string of the molecule is NCCCNCCc1nccs1. The van der Waals surface area contributed by atoms with Crippen LogP contribution < -0.4 is 11.1 Å². The van der Waals surface area contributed by atoms with Crippen LogP contribution in [0.25, 0.3) is 0 Å². The molecule has 0 aliphatic heterocycles. The second-order valence-electron chi connectivity index (χ2n) is 2.57. The van der Waals surface area contributed by atoms with Crippen molar-refractivity contribution in [2.45, 2.75) is 12.8 Å². The lowest BCUT2D eigenvalue weighted by molar-refractivity contribution is 0.652. The van der Waals surface area contributed by atoms with Crippen molar-refractivity contribution in [2.75, 3.05) is 19.6 Å². The third-order valence-electron chi connectivity index (χ3n) is 1.56. The van der Waals surface area contributed by atoms with Gasteiger partial charge in [0.25, 0.3) is 0 Å². The molecule has 1 aromatic rings. The zero-order valence-electron chi connectivity index (χ0n) is 7.12. The molecule has 1 rings (SSSR count). The predicted octanol–water partition coefficient (Wildman–Crippen LogP) is 0.624. The van der Waals surface area contributed by atoms with Crippen molar-refractivity contribution in [2.24, 2.45) is 5.73 Å². The van der Waals surface area contributed by atoms with Gasteiger partial charge in [-0.2, -0.15) is 0 Å². The van der Waals surface area contributed by atoms with Gasteiger partial charge in [0.2, 0.25) is 0 Å². The minimum absolute atomic E-state index is 0.768. The van der Waals surface area contributed by atoms with Crippen molar-refractivity contribution in [3.8, 4) is 0 Å². The fourth-order valence-electron chi connectivity index (χ4n) is 0.924. The Morgan fingerprint density at radius 2 is 2.42 bits per heavy atom. The van der Waals surface area contributed by atoms with E-state index in [0.717, 1.165) is 32.5 Å². The fourth-order valence-corrected chi connectivity index (χ4v) is 1.54. The Kier molecular flexibility index (Phi) is 4.91. The van der Waals surface area contributed by atoms with Crippen LogP contribution in [0.4, 0.5) is 0 Å². The van der Waals surface area contributed by atoms with E-state index in [2.05, 4.69) is 10.3 Å². The molecule has 0 aliphatic rings. The molecule has 0 bridgehead atoms. The Morgan fingerprint density at radius 1 is 1.50 bits per heavy atom. The molecule has 0 radical (unpaired) electrons. The summed E-state index contributed by atoms with van der Waals surface area (Å²) >= 11 is 1.71. The Labute approximate surface area is 77.0 Å². The summed E-state index contributed by atoms with van der Waals surface area (Å²) in [6.45, 7) is 2.79. The van der Waals surface area contributed by atoms with Gasteiger partial charge in [-0.05, 0) is 19.5 Å². The van der Waals surface area contributed by atoms with Gasteiger partial charge in [-0.15, -0.1) is 11.3 Å². The molecule has 1 aromatic heterocycles. The molecular formula is C8H15N3S. The maximum atomic E-state index is 5.36. The first-order valence-corrected chi connectivity index (χ1v) is 5.10. The van der Waals surface area contributed by atoms with Crippen LogP contribution in [0.1, 0.15) is 11.4 Å². The molecule has 0 unspecified atom stereocenters. The maximum Gasteiger partial charge on any atom is 0.0937 e. The molecule has 0 aromatic carbocycles. The van der Waals surface area contributed by atoms with Crippen molar-refractivity contribution in [1.29, 1.82) is 0 Å². The third-order valence-corrected chi connectivity index (χ3v) is 2.40. The molecule has 3 N–H and O–H groups in total. The smallest absolute Gasteiger partial charge is 0.0937 e. The van der Waals surface area contributed by atoms with E-state index in [1.54, 1.807) is 11.3 Å². The van der Waals surface area contributed by atoms with E-state index in [1.807, 2.05) is 11.6 Å². The summed E-state index contributed by atoms with van der Waals surface area (Å²) < 4.78 is 0. The summed E-state index contributed by atoms with van der Waals surface area (Å²) in [6.07, 6.45) is 3.93. The molecule has 1 heterocycles. The molecule has 0 atom stereocenters. The van der Waals surface area contributed by atoms with E-state index < -0.39 is 0 Å². The first-order chi connectivity index (χ1) is 5.93. The molecule has 12 heavy (non-hydrogen) atoms. The van der Waals surface area contributed by atoms with Gasteiger partial charge in [-0.1, -0.05) is 0 Å². The minimum atomic E-state index is 0.768. The first-order valence-electron chi connectivity index (χ1n) is 4.22. The molecule has 0 aliphatic carbocycles. The lowest BCUT2D eigenvalue weighted by atomic mass is 10.4. The van der Waals surface area contributed by atoms with E-state index in [1.165, 1.54) is 5.01 Å². The van der Waals surface area contributed by atoms with Gasteiger partial charge in [0.15, 0.2) is 0 Å². The van der Waals surface area contributed by atoms with Crippen LogP contribution >= 0.6 is 11.3 Å². The van der Waals surface area contributed by atoms with Crippen LogP contribution in [0.5, 0.6) is 0 Å². The number of nitrogens with two attached hydrogens (primary N) is 1. The van der Waals surface area contributed by atoms with Gasteiger partial charge in [0.1, 0.15) is 0 Å². The highest BCUT2D eigenvalue weighted by Gasteiger charge is 1.93. The number of rotatable bonds is 6. The van der Waals surface area contributed by atoms with Gasteiger partial charge in [0.05, 0.1) is 5.01 Å². The van der Waals surface area contributed by atoms with Crippen molar-refractivity contribution in [3.05, 3.63) is 16.6 Å². The minimum Gasteiger partial charge on any atom is -0.330 e. The molecule has 0 saturated carbocycles. The van der Waals surface area contributed by atoms with E-state index in [4.69, 9.17) is 5.73 Å². The Morgan fingerprint density at radius 3 is 3.08 bits per heavy atom. The van der Waals surface area contributed by atoms with Crippen molar-refractivity contribution in [1.82, 2.24) is 10.3 Å². The van der Waals surface area contributed by atoms with Gasteiger partial charge in [0, 0.05) is 24.5 Å². The third kappa shape index (κ3) is 3.80. The monoisotopic (exact) mass is 185 g/mol. The van der Waals surface area contributed by atoms with Gasteiger partial charge in [-0.3, -0.25) is 0 Å². The van der Waals surface area contributed by atoms with Crippen LogP contribution in [0.2, 0.25) is 0 Å². The molecule has 0 fully saturated rings. The van der Waals surface area contributed by atoms with Crippen molar-refractivity contribution in [3.63, 3.8) is 0 Å². The Bertz CT molecular complexity index is 186. The molecule has 4 heteroatoms. The van der Waals surface area contributed by atoms with E-state index in [0.29, 0.717) is 0 Å². The quantitative estimate of drug-likeness (QED) is 0.639. The van der Waals surface area contributed by atoms with Crippen LogP contribution in [-0.4, -0.2) is 24.6 Å². The lowest BCUT2D eigenvalue weighted by Gasteiger charge is -2.00. The Hall–Kier alpha value is -0.450. The average Bonchev–Trinajstić information content (AvgIpc) is 2.57. The summed E-state index contributed by atoms with van der Waals surface area (Å²) in [5, 5.41) is 6.52. The molecule has 0 spiro atoms. The topological polar surface area (TPSA) is 50.9 Å². The second kappa shape index (κ2) is 6.11. The molecular weight excluding hydrogens is 170 g/mol. The standard InChI is InChI=1S/C8H15N3S/c9-3-1-4-10-5-2-8-11-6-7-12-8/h6-7,10H,1-5,9H2. The normalized spacial score (nSPS) is 10.4. The highest BCUT2D eigenvalue weighted by molar-refractivity contribution is 7.09. The van der Waals surface area contributed by atoms with Crippen LogP contribution in [0.15, 0.2) is 11.6 Å². The molecule has 0 amide bonds. The van der Waals surface area contributed by atoms with E-state index in [-0.39, 0.29) is 0 Å². The summed E-state index contributed by atoms with van der Waals surface area (Å²) in [6, 6.07) is 0. The van der Waals surface area contributed by atoms with Crippen LogP contribution in [0, 0.1) is 0 Å². The van der Waals surface area contributed by atoms with E-state index in [9.17, 15) is 0 Å². The second-order valence-corrected chi connectivity index (χ2v) is 3.55. The van der Waals surface area contributed by atoms with E-state index >= 15 is 0 Å². The zero-order valence-corrected chi connectivity index (χ0v) is 7.94. The van der Waals surface area contributed by atoms with Gasteiger partial charge < -0.3 is 11.1 Å². The molecule has 0 saturated heterocycles. The number of hydrogen-bond acceptors (Lipinski definition) is 4. The Balaban J connectivity index is 1.96. The summed E-state index contributed by atoms with van der Waals surface area (Å²) in [5.74, 6) is 0. The van der Waals surface area contributed by atoms with Crippen LogP contribution in [0.3, 0.4) is 0 Å². The highest BCUT2D eigenvalue weighted by Crippen LogP contribution is 2.03. The fraction of sp³-hybridized carbons (Fsp3) is 0.625. The van der Waals surface area contributed by atoms with Crippen molar-refractivity contribution < 1.29 is 0 Å². The highest BCUT2D eigenvalue weighted by atomic mass is 32.1. The number of aromatic nitrogens is 1. The summed E-state index contributed by atoms with van der Waals surface area (Å²) in [7, 11) is 0. The predicted molar refractivity (Wildman–Crippen MR) is 52.4 cm³/mol. The van der Waals surface area contributed by atoms with Crippen molar-refractivity contribution >= 4 is 11.3 Å². The van der Waals surface area contributed by atoms with Gasteiger partial charge >= 0.3 is 0 Å². The first kappa shape index (κ1) is 9.64.